The predicted molar refractivity (Wildman–Crippen MR) is 78.4 cm³/mol. The van der Waals surface area contributed by atoms with Gasteiger partial charge in [0.25, 0.3) is 0 Å². The van der Waals surface area contributed by atoms with Crippen molar-refractivity contribution in [3.63, 3.8) is 0 Å². The van der Waals surface area contributed by atoms with Gasteiger partial charge >= 0.3 is 0 Å². The lowest BCUT2D eigenvalue weighted by Crippen LogP contribution is -2.10. The van der Waals surface area contributed by atoms with Gasteiger partial charge in [-0.1, -0.05) is 18.9 Å². The normalized spacial score (nSPS) is 17.3. The largest absolute Gasteiger partial charge is 0.324 e. The first-order chi connectivity index (χ1) is 10.2. The molecule has 112 valence electrons. The van der Waals surface area contributed by atoms with Crippen molar-refractivity contribution in [2.45, 2.75) is 54.7 Å². The molecule has 0 radical (unpaired) electrons. The van der Waals surface area contributed by atoms with Crippen molar-refractivity contribution in [3.8, 4) is 0 Å². The van der Waals surface area contributed by atoms with Crippen LogP contribution in [0.5, 0.6) is 0 Å². The Hall–Kier alpha value is -1.47. The number of nitrogens with zero attached hydrogens (tertiary/aromatic N) is 4. The molecule has 1 saturated carbocycles. The summed E-state index contributed by atoms with van der Waals surface area (Å²) in [5.41, 5.74) is 6.41. The van der Waals surface area contributed by atoms with Crippen LogP contribution >= 0.6 is 11.8 Å². The summed E-state index contributed by atoms with van der Waals surface area (Å²) in [5.74, 6) is -0.283. The first-order valence-electron chi connectivity index (χ1n) is 7.16. The monoisotopic (exact) mass is 307 g/mol. The zero-order chi connectivity index (χ0) is 14.8. The zero-order valence-electron chi connectivity index (χ0n) is 11.9. The van der Waals surface area contributed by atoms with Crippen LogP contribution in [0.3, 0.4) is 0 Å². The van der Waals surface area contributed by atoms with Crippen LogP contribution in [0.1, 0.15) is 50.3 Å². The molecule has 0 aliphatic heterocycles. The molecule has 1 heterocycles. The van der Waals surface area contributed by atoms with Crippen molar-refractivity contribution < 1.29 is 4.39 Å². The molecule has 1 aliphatic carbocycles. The molecule has 3 rings (SSSR count). The maximum atomic E-state index is 14.0. The Morgan fingerprint density at radius 3 is 2.86 bits per heavy atom. The quantitative estimate of drug-likeness (QED) is 0.940. The molecule has 1 aromatic carbocycles. The van der Waals surface area contributed by atoms with E-state index < -0.39 is 0 Å². The van der Waals surface area contributed by atoms with E-state index in [1.807, 2.05) is 10.7 Å². The van der Waals surface area contributed by atoms with E-state index in [9.17, 15) is 4.39 Å². The number of hydrogen-bond acceptors (Lipinski definition) is 5. The Morgan fingerprint density at radius 2 is 2.14 bits per heavy atom. The highest BCUT2D eigenvalue weighted by atomic mass is 32.2. The van der Waals surface area contributed by atoms with E-state index in [1.54, 1.807) is 13.0 Å². The molecule has 21 heavy (non-hydrogen) atoms. The fourth-order valence-electron chi connectivity index (χ4n) is 2.78. The third kappa shape index (κ3) is 2.94. The third-order valence-corrected chi connectivity index (χ3v) is 4.83. The van der Waals surface area contributed by atoms with Gasteiger partial charge in [-0.15, -0.1) is 5.10 Å². The second kappa shape index (κ2) is 6.11. The Bertz CT molecular complexity index is 622. The molecule has 0 spiro atoms. The first-order valence-corrected chi connectivity index (χ1v) is 7.98. The van der Waals surface area contributed by atoms with Crippen LogP contribution < -0.4 is 5.73 Å². The van der Waals surface area contributed by atoms with Crippen LogP contribution in [-0.2, 0) is 0 Å². The molecule has 7 heteroatoms. The predicted octanol–water partition coefficient (Wildman–Crippen LogP) is 3.10. The highest BCUT2D eigenvalue weighted by molar-refractivity contribution is 7.99. The molecule has 1 aromatic heterocycles. The van der Waals surface area contributed by atoms with E-state index in [0.717, 1.165) is 17.7 Å². The lowest BCUT2D eigenvalue weighted by molar-refractivity contribution is 0.423. The van der Waals surface area contributed by atoms with Gasteiger partial charge in [-0.2, -0.15) is 0 Å². The minimum atomic E-state index is -0.371. The summed E-state index contributed by atoms with van der Waals surface area (Å²) >= 11 is 1.38. The molecule has 0 bridgehead atoms. The van der Waals surface area contributed by atoms with Crippen molar-refractivity contribution in [2.24, 2.45) is 5.73 Å². The zero-order valence-corrected chi connectivity index (χ0v) is 12.7. The number of nitrogens with two attached hydrogens (primary N) is 1. The van der Waals surface area contributed by atoms with Crippen LogP contribution in [0, 0.1) is 5.82 Å². The van der Waals surface area contributed by atoms with Gasteiger partial charge in [-0.25, -0.2) is 9.07 Å². The fourth-order valence-corrected chi connectivity index (χ4v) is 3.87. The fraction of sp³-hybridized carbons (Fsp3) is 0.500. The molecule has 2 N–H and O–H groups in total. The van der Waals surface area contributed by atoms with Gasteiger partial charge in [0, 0.05) is 16.5 Å². The topological polar surface area (TPSA) is 69.6 Å². The number of aromatic nitrogens is 4. The smallest absolute Gasteiger partial charge is 0.214 e. The molecule has 1 fully saturated rings. The summed E-state index contributed by atoms with van der Waals surface area (Å²) in [4.78, 5) is 0.777. The second-order valence-corrected chi connectivity index (χ2v) is 6.40. The lowest BCUT2D eigenvalue weighted by Gasteiger charge is -2.14. The number of rotatable bonds is 4. The highest BCUT2D eigenvalue weighted by Gasteiger charge is 2.23. The molecular weight excluding hydrogens is 289 g/mol. The van der Waals surface area contributed by atoms with Gasteiger partial charge in [-0.05, 0) is 54.1 Å². The summed E-state index contributed by atoms with van der Waals surface area (Å²) in [5, 5.41) is 12.7. The van der Waals surface area contributed by atoms with Gasteiger partial charge in [-0.3, -0.25) is 0 Å². The van der Waals surface area contributed by atoms with Crippen molar-refractivity contribution in [3.05, 3.63) is 29.6 Å². The van der Waals surface area contributed by atoms with Gasteiger partial charge in [0.2, 0.25) is 5.16 Å². The van der Waals surface area contributed by atoms with Gasteiger partial charge in [0.1, 0.15) is 5.82 Å². The van der Waals surface area contributed by atoms with E-state index in [2.05, 4.69) is 15.5 Å². The number of halogens is 1. The average Bonchev–Trinajstić information content (AvgIpc) is 3.08. The van der Waals surface area contributed by atoms with Crippen LogP contribution in [0.25, 0.3) is 0 Å². The van der Waals surface area contributed by atoms with Crippen LogP contribution in [0.15, 0.2) is 28.3 Å². The first kappa shape index (κ1) is 14.5. The third-order valence-electron chi connectivity index (χ3n) is 3.80. The Kier molecular flexibility index (Phi) is 4.21. The Labute approximate surface area is 127 Å². The minimum absolute atomic E-state index is 0.283. The standard InChI is InChI=1S/C14H18FN5S/c1-9(16)13-11(15)7-4-8-12(13)21-14-17-18-19-20(14)10-5-2-3-6-10/h4,7-10H,2-3,5-6,16H2,1H3/t9-/m0/s1. The number of tetrazole rings is 1. The summed E-state index contributed by atoms with van der Waals surface area (Å²) in [7, 11) is 0. The van der Waals surface area contributed by atoms with Crippen molar-refractivity contribution in [2.75, 3.05) is 0 Å². The van der Waals surface area contributed by atoms with Crippen LogP contribution in [-0.4, -0.2) is 20.2 Å². The molecule has 0 unspecified atom stereocenters. The maximum Gasteiger partial charge on any atom is 0.214 e. The maximum absolute atomic E-state index is 14.0. The van der Waals surface area contributed by atoms with Gasteiger partial charge in [0.15, 0.2) is 0 Å². The average molecular weight is 307 g/mol. The summed E-state index contributed by atoms with van der Waals surface area (Å²) in [6.07, 6.45) is 4.61. The molecule has 5 nitrogen and oxygen atoms in total. The number of hydrogen-bond donors (Lipinski definition) is 1. The summed E-state index contributed by atoms with van der Waals surface area (Å²) < 4.78 is 15.8. The van der Waals surface area contributed by atoms with E-state index in [4.69, 9.17) is 5.73 Å². The summed E-state index contributed by atoms with van der Waals surface area (Å²) in [6, 6.07) is 4.97. The van der Waals surface area contributed by atoms with E-state index in [-0.39, 0.29) is 11.9 Å². The molecule has 0 saturated heterocycles. The van der Waals surface area contributed by atoms with E-state index >= 15 is 0 Å². The Balaban J connectivity index is 1.91. The molecule has 2 aromatic rings. The molecular formula is C14H18FN5S. The van der Waals surface area contributed by atoms with Crippen LogP contribution in [0.2, 0.25) is 0 Å². The van der Waals surface area contributed by atoms with Crippen molar-refractivity contribution in [1.29, 1.82) is 0 Å². The van der Waals surface area contributed by atoms with Crippen LogP contribution in [0.4, 0.5) is 4.39 Å². The van der Waals surface area contributed by atoms with Crippen molar-refractivity contribution >= 4 is 11.8 Å². The van der Waals surface area contributed by atoms with E-state index in [1.165, 1.54) is 30.7 Å². The number of benzene rings is 1. The summed E-state index contributed by atoms with van der Waals surface area (Å²) in [6.45, 7) is 1.78. The minimum Gasteiger partial charge on any atom is -0.324 e. The molecule has 1 aliphatic rings. The lowest BCUT2D eigenvalue weighted by atomic mass is 10.1. The van der Waals surface area contributed by atoms with E-state index in [0.29, 0.717) is 16.8 Å². The van der Waals surface area contributed by atoms with Crippen molar-refractivity contribution in [1.82, 2.24) is 20.2 Å². The highest BCUT2D eigenvalue weighted by Crippen LogP contribution is 2.36. The van der Waals surface area contributed by atoms with Gasteiger partial charge in [0.05, 0.1) is 6.04 Å². The molecule has 0 amide bonds. The Morgan fingerprint density at radius 1 is 1.38 bits per heavy atom. The SMILES string of the molecule is C[C@H](N)c1c(F)cccc1Sc1nnnn1C1CCCC1. The van der Waals surface area contributed by atoms with Gasteiger partial charge < -0.3 is 5.73 Å². The molecule has 1 atom stereocenters. The second-order valence-electron chi connectivity index (χ2n) is 5.39.